The average molecular weight is 1160 g/mol. The second-order valence-electron chi connectivity index (χ2n) is 26.8. The number of carbonyl (C=O) groups excluding carboxylic acids is 2. The molecule has 2 aromatic carbocycles. The number of aromatic amines is 2. The second kappa shape index (κ2) is 26.3. The van der Waals surface area contributed by atoms with Gasteiger partial charge in [-0.2, -0.15) is 0 Å². The zero-order chi connectivity index (χ0) is 59.5. The summed E-state index contributed by atoms with van der Waals surface area (Å²) in [6.45, 7) is 33.9. The van der Waals surface area contributed by atoms with Gasteiger partial charge >= 0.3 is 0 Å². The van der Waals surface area contributed by atoms with E-state index in [9.17, 15) is 28.0 Å². The minimum absolute atomic E-state index is 0.0505. The van der Waals surface area contributed by atoms with Gasteiger partial charge in [0.05, 0.1) is 11.4 Å². The Hall–Kier alpha value is -6.02. The molecule has 0 bridgehead atoms. The molecule has 6 aliphatic heterocycles. The predicted molar refractivity (Wildman–Crippen MR) is 331 cm³/mol. The van der Waals surface area contributed by atoms with E-state index in [1.54, 1.807) is 24.3 Å². The quantitative estimate of drug-likeness (QED) is 0.0503. The van der Waals surface area contributed by atoms with Crippen LogP contribution in [0.4, 0.5) is 20.2 Å². The minimum Gasteiger partial charge on any atom is -0.352 e. The fraction of sp³-hybridized carbons (Fsp3) is 0.576. The van der Waals surface area contributed by atoms with Crippen molar-refractivity contribution in [2.75, 3.05) is 101 Å². The number of nitrogens with one attached hydrogen (secondary N) is 6. The van der Waals surface area contributed by atoms with Crippen molar-refractivity contribution >= 4 is 23.2 Å². The number of rotatable bonds is 21. The van der Waals surface area contributed by atoms with E-state index in [1.165, 1.54) is 24.3 Å². The van der Waals surface area contributed by atoms with Crippen molar-refractivity contribution in [1.82, 2.24) is 50.8 Å². The van der Waals surface area contributed by atoms with Crippen molar-refractivity contribution < 1.29 is 18.4 Å². The van der Waals surface area contributed by atoms with Gasteiger partial charge in [0, 0.05) is 185 Å². The number of benzene rings is 2. The fourth-order valence-corrected chi connectivity index (χ4v) is 14.1. The molecule has 16 nitrogen and oxygen atoms in total. The van der Waals surface area contributed by atoms with Gasteiger partial charge in [0.15, 0.2) is 0 Å². The van der Waals surface area contributed by atoms with Crippen molar-refractivity contribution in [3.05, 3.63) is 151 Å². The Kier molecular flexibility index (Phi) is 19.1. The lowest BCUT2D eigenvalue weighted by molar-refractivity contribution is -0.124. The third kappa shape index (κ3) is 15.0. The average Bonchev–Trinajstić information content (AvgIpc) is 2.82. The number of piperazine rings is 2. The number of pyridine rings is 2. The lowest BCUT2D eigenvalue weighted by Crippen LogP contribution is -2.61. The van der Waals surface area contributed by atoms with Gasteiger partial charge < -0.3 is 41.0 Å². The highest BCUT2D eigenvalue weighted by atomic mass is 19.1. The molecule has 8 heterocycles. The first kappa shape index (κ1) is 61.1. The predicted octanol–water partition coefficient (Wildman–Crippen LogP) is 6.49. The molecule has 2 amide bonds. The van der Waals surface area contributed by atoms with Gasteiger partial charge in [-0.1, -0.05) is 65.1 Å². The smallest absolute Gasteiger partial charge is 0.251 e. The van der Waals surface area contributed by atoms with E-state index in [4.69, 9.17) is 0 Å². The van der Waals surface area contributed by atoms with Crippen molar-refractivity contribution in [3.63, 3.8) is 0 Å². The van der Waals surface area contributed by atoms with Gasteiger partial charge in [0.25, 0.3) is 11.1 Å². The molecule has 0 spiro atoms. The number of halogens is 2. The maximum absolute atomic E-state index is 13.7. The monoisotopic (exact) mass is 1150 g/mol. The number of aromatic nitrogens is 2. The van der Waals surface area contributed by atoms with Crippen LogP contribution in [0.1, 0.15) is 127 Å². The van der Waals surface area contributed by atoms with E-state index >= 15 is 0 Å². The highest BCUT2D eigenvalue weighted by molar-refractivity contribution is 5.77. The molecular weight excluding hydrogens is 1060 g/mol. The molecule has 4 fully saturated rings. The van der Waals surface area contributed by atoms with E-state index in [0.717, 1.165) is 136 Å². The number of H-pyrrole nitrogens is 2. The molecule has 0 aliphatic carbocycles. The van der Waals surface area contributed by atoms with E-state index in [1.807, 2.05) is 12.1 Å². The van der Waals surface area contributed by atoms with Crippen molar-refractivity contribution in [1.29, 1.82) is 0 Å². The van der Waals surface area contributed by atoms with Gasteiger partial charge in [0.2, 0.25) is 11.8 Å². The summed E-state index contributed by atoms with van der Waals surface area (Å²) < 4.78 is 27.4. The van der Waals surface area contributed by atoms with Gasteiger partial charge in [-0.15, -0.1) is 0 Å². The molecule has 0 saturated carbocycles. The molecular formula is C66H92F2N12O4. The molecule has 10 rings (SSSR count). The zero-order valence-corrected chi connectivity index (χ0v) is 50.7. The van der Waals surface area contributed by atoms with Crippen LogP contribution < -0.4 is 42.2 Å². The first-order valence-corrected chi connectivity index (χ1v) is 31.0. The van der Waals surface area contributed by atoms with Gasteiger partial charge in [0.1, 0.15) is 11.6 Å². The Morgan fingerprint density at radius 3 is 1.39 bits per heavy atom. The highest BCUT2D eigenvalue weighted by Crippen LogP contribution is 2.42. The largest absolute Gasteiger partial charge is 0.352 e. The van der Waals surface area contributed by atoms with Gasteiger partial charge in [-0.3, -0.25) is 38.8 Å². The number of unbranched alkanes of at least 4 members (excludes halogenated alkanes) is 1. The number of hydrogen-bond acceptors (Lipinski definition) is 12. The molecule has 2 aromatic heterocycles. The topological polar surface area (TPSA) is 167 Å². The number of fused-ring (bicyclic) bond motifs is 2. The third-order valence-corrected chi connectivity index (χ3v) is 18.6. The molecule has 6 atom stereocenters. The van der Waals surface area contributed by atoms with E-state index in [0.29, 0.717) is 87.9 Å². The first-order chi connectivity index (χ1) is 40.1. The van der Waals surface area contributed by atoms with Gasteiger partial charge in [-0.25, -0.2) is 8.78 Å². The van der Waals surface area contributed by atoms with E-state index in [-0.39, 0.29) is 69.6 Å². The Balaban J connectivity index is 0.653. The molecule has 6 N–H and O–H groups in total. The van der Waals surface area contributed by atoms with E-state index in [2.05, 4.69) is 115 Å². The number of piperidine rings is 2. The summed E-state index contributed by atoms with van der Waals surface area (Å²) in [7, 11) is 0. The van der Waals surface area contributed by atoms with Crippen LogP contribution >= 0.6 is 0 Å². The standard InChI is InChI=1S/C66H92F2N12O4/c1-43-33-77(35-45(3)79-41-65(5,6)61-57(79)29-49(63(83)73-61)27-47-17-21-51(67)22-18-47)55(31-69-43)39-75-25-11-13-53(37-75)71-59(81)15-9-10-16-60(82)72-54-14-12-26-76(38-54)40-56-32-70-44(2)34-78(56)36-46(4)80-42-66(7,8)62-58(80)30-50(64(84)74-62)28-48-19-23-52(68)24-20-48/h17-24,29-30,43-44,53-56,69-70H,3-4,9-16,25-28,31-42H2,1-2,5-8H3,(H,71,81)(H,72,82)(H,73,83)(H,74,84)/t43-,44-,53-,54-,55-,56-/m1/s1. The van der Waals surface area contributed by atoms with Crippen LogP contribution in [-0.4, -0.2) is 169 Å². The van der Waals surface area contributed by atoms with Crippen LogP contribution in [0.3, 0.4) is 0 Å². The van der Waals surface area contributed by atoms with Crippen molar-refractivity contribution in [3.8, 4) is 0 Å². The maximum Gasteiger partial charge on any atom is 0.251 e. The summed E-state index contributed by atoms with van der Waals surface area (Å²) in [5.41, 5.74) is 8.01. The lowest BCUT2D eigenvalue weighted by atomic mass is 9.91. The fourth-order valence-electron chi connectivity index (χ4n) is 14.1. The second-order valence-corrected chi connectivity index (χ2v) is 26.8. The van der Waals surface area contributed by atoms with E-state index < -0.39 is 0 Å². The number of carbonyl (C=O) groups is 2. The lowest BCUT2D eigenvalue weighted by Gasteiger charge is -2.44. The number of amides is 2. The van der Waals surface area contributed by atoms with Crippen molar-refractivity contribution in [2.45, 2.75) is 153 Å². The Bertz CT molecular complexity index is 2920. The van der Waals surface area contributed by atoms with Crippen LogP contribution in [0.5, 0.6) is 0 Å². The molecule has 4 aromatic rings. The summed E-state index contributed by atoms with van der Waals surface area (Å²) in [4.78, 5) is 74.5. The minimum atomic E-state index is -0.300. The molecule has 6 aliphatic rings. The SMILES string of the molecule is C=C(CN1C[C@@H](C)NC[C@@H]1CN1CCC[C@@H](NC(=O)CCCCC(=O)N[C@@H]2CCCN(C[C@H]3CN[C@H](C)CN3CC(=C)N3CC(C)(C)c4[nH]c(=O)c(Cc5ccc(F)cc5)cc43)C2)C1)N1CC(C)(C)c2[nH]c(=O)c(Cc3ccc(F)cc3)cc21. The molecule has 84 heavy (non-hydrogen) atoms. The zero-order valence-electron chi connectivity index (χ0n) is 50.7. The molecule has 18 heteroatoms. The van der Waals surface area contributed by atoms with Crippen LogP contribution in [0.25, 0.3) is 0 Å². The number of anilines is 2. The molecule has 0 unspecified atom stereocenters. The Morgan fingerprint density at radius 1 is 0.607 bits per heavy atom. The van der Waals surface area contributed by atoms with Crippen molar-refractivity contribution in [2.24, 2.45) is 0 Å². The van der Waals surface area contributed by atoms with Crippen LogP contribution in [-0.2, 0) is 33.3 Å². The Labute approximate surface area is 495 Å². The number of hydrogen-bond donors (Lipinski definition) is 6. The highest BCUT2D eigenvalue weighted by Gasteiger charge is 2.41. The molecule has 4 saturated heterocycles. The molecule has 0 radical (unpaired) electrons. The first-order valence-electron chi connectivity index (χ1n) is 31.0. The third-order valence-electron chi connectivity index (χ3n) is 18.6. The van der Waals surface area contributed by atoms with Gasteiger partial charge in [-0.05, 0) is 113 Å². The summed E-state index contributed by atoms with van der Waals surface area (Å²) >= 11 is 0. The van der Waals surface area contributed by atoms with Crippen LogP contribution in [0.15, 0.2) is 94.8 Å². The number of likely N-dealkylation sites (tertiary alicyclic amines) is 2. The summed E-state index contributed by atoms with van der Waals surface area (Å²) in [6.07, 6.45) is 6.85. The Morgan fingerprint density at radius 2 is 1.00 bits per heavy atom. The molecule has 454 valence electrons. The summed E-state index contributed by atoms with van der Waals surface area (Å²) in [5, 5.41) is 14.1. The summed E-state index contributed by atoms with van der Waals surface area (Å²) in [5.74, 6) is -0.499. The maximum atomic E-state index is 13.7. The number of nitrogens with zero attached hydrogens (tertiary/aromatic N) is 6. The van der Waals surface area contributed by atoms with Crippen LogP contribution in [0.2, 0.25) is 0 Å². The normalized spacial score (nSPS) is 24.6. The van der Waals surface area contributed by atoms with Crippen LogP contribution in [0, 0.1) is 11.6 Å². The summed E-state index contributed by atoms with van der Waals surface area (Å²) in [6, 6.07) is 17.9.